The summed E-state index contributed by atoms with van der Waals surface area (Å²) in [6.45, 7) is 5.47. The number of benzene rings is 2. The number of rotatable bonds is 6. The number of nitrogens with zero attached hydrogens (tertiary/aromatic N) is 3. The van der Waals surface area contributed by atoms with E-state index in [0.29, 0.717) is 23.9 Å². The second kappa shape index (κ2) is 8.52. The minimum Gasteiger partial charge on any atom is -0.492 e. The van der Waals surface area contributed by atoms with Gasteiger partial charge in [-0.05, 0) is 56.1 Å². The number of aryl methyl sites for hydroxylation is 1. The van der Waals surface area contributed by atoms with E-state index in [1.54, 1.807) is 12.1 Å². The third-order valence-corrected chi connectivity index (χ3v) is 5.05. The lowest BCUT2D eigenvalue weighted by atomic mass is 9.98. The zero-order chi connectivity index (χ0) is 19.3. The second-order valence-corrected chi connectivity index (χ2v) is 7.27. The van der Waals surface area contributed by atoms with Crippen molar-refractivity contribution in [3.05, 3.63) is 65.8 Å². The van der Waals surface area contributed by atoms with Crippen molar-refractivity contribution >= 4 is 0 Å². The van der Waals surface area contributed by atoms with Gasteiger partial charge in [-0.15, -0.1) is 0 Å². The number of aromatic nitrogens is 2. The van der Waals surface area contributed by atoms with E-state index in [4.69, 9.17) is 9.26 Å². The molecule has 1 saturated heterocycles. The Balaban J connectivity index is 1.34. The Morgan fingerprint density at radius 1 is 1.21 bits per heavy atom. The molecular weight excluding hydrogens is 357 g/mol. The maximum Gasteiger partial charge on any atom is 0.231 e. The van der Waals surface area contributed by atoms with Crippen LogP contribution < -0.4 is 4.74 Å². The summed E-state index contributed by atoms with van der Waals surface area (Å²) in [6, 6.07) is 14.4. The molecule has 1 atom stereocenters. The highest BCUT2D eigenvalue weighted by Crippen LogP contribution is 2.27. The maximum absolute atomic E-state index is 13.4. The maximum atomic E-state index is 13.4. The zero-order valence-electron chi connectivity index (χ0n) is 16.0. The van der Waals surface area contributed by atoms with Crippen molar-refractivity contribution in [2.24, 2.45) is 0 Å². The molecule has 0 N–H and O–H groups in total. The number of hydrogen-bond donors (Lipinski definition) is 0. The van der Waals surface area contributed by atoms with Crippen molar-refractivity contribution in [2.75, 3.05) is 26.2 Å². The molecular formula is C22H24FN3O2. The molecule has 4 rings (SSSR count). The molecule has 1 aromatic heterocycles. The first kappa shape index (κ1) is 18.6. The predicted molar refractivity (Wildman–Crippen MR) is 105 cm³/mol. The number of hydrogen-bond acceptors (Lipinski definition) is 5. The van der Waals surface area contributed by atoms with Gasteiger partial charge in [0.2, 0.25) is 11.7 Å². The first-order valence-corrected chi connectivity index (χ1v) is 9.69. The molecule has 5 nitrogen and oxygen atoms in total. The van der Waals surface area contributed by atoms with Crippen molar-refractivity contribution in [2.45, 2.75) is 25.7 Å². The van der Waals surface area contributed by atoms with Crippen LogP contribution in [0.15, 0.2) is 53.1 Å². The van der Waals surface area contributed by atoms with Gasteiger partial charge in [-0.1, -0.05) is 29.4 Å². The fourth-order valence-corrected chi connectivity index (χ4v) is 3.60. The van der Waals surface area contributed by atoms with Crippen LogP contribution in [0.4, 0.5) is 4.39 Å². The molecule has 146 valence electrons. The van der Waals surface area contributed by atoms with E-state index in [-0.39, 0.29) is 11.7 Å². The summed E-state index contributed by atoms with van der Waals surface area (Å²) in [5.41, 5.74) is 1.83. The summed E-state index contributed by atoms with van der Waals surface area (Å²) in [5.74, 6) is 1.87. The van der Waals surface area contributed by atoms with Crippen molar-refractivity contribution in [3.63, 3.8) is 0 Å². The average Bonchev–Trinajstić information content (AvgIpc) is 3.19. The third-order valence-electron chi connectivity index (χ3n) is 5.05. The van der Waals surface area contributed by atoms with Crippen LogP contribution in [0, 0.1) is 12.7 Å². The summed E-state index contributed by atoms with van der Waals surface area (Å²) in [6.07, 6.45) is 2.09. The van der Waals surface area contributed by atoms with Crippen LogP contribution in [0.25, 0.3) is 11.4 Å². The van der Waals surface area contributed by atoms with Crippen molar-refractivity contribution in [1.29, 1.82) is 0 Å². The zero-order valence-corrected chi connectivity index (χ0v) is 16.0. The first-order chi connectivity index (χ1) is 13.7. The Kier molecular flexibility index (Phi) is 5.67. The smallest absolute Gasteiger partial charge is 0.231 e. The standard InChI is InChI=1S/C22H24FN3O2/c1-16-5-2-9-20(13-16)27-12-11-26-10-4-7-18(15-26)22-24-21(25-28-22)17-6-3-8-19(23)14-17/h2-3,5-6,8-9,13-14,18H,4,7,10-12,15H2,1H3. The molecule has 3 aromatic rings. The average molecular weight is 381 g/mol. The Morgan fingerprint density at radius 2 is 2.11 bits per heavy atom. The molecule has 1 aliphatic heterocycles. The van der Waals surface area contributed by atoms with Gasteiger partial charge in [0, 0.05) is 18.7 Å². The Morgan fingerprint density at radius 3 is 2.96 bits per heavy atom. The molecule has 1 unspecified atom stereocenters. The molecule has 0 spiro atoms. The molecule has 1 aliphatic rings. The molecule has 0 saturated carbocycles. The lowest BCUT2D eigenvalue weighted by Gasteiger charge is -2.30. The minimum absolute atomic E-state index is 0.197. The molecule has 0 bridgehead atoms. The van der Waals surface area contributed by atoms with Gasteiger partial charge in [0.05, 0.1) is 5.92 Å². The Labute approximate surface area is 164 Å². The Hall–Kier alpha value is -2.73. The highest BCUT2D eigenvalue weighted by molar-refractivity contribution is 5.53. The monoisotopic (exact) mass is 381 g/mol. The van der Waals surface area contributed by atoms with E-state index in [0.717, 1.165) is 38.2 Å². The van der Waals surface area contributed by atoms with Gasteiger partial charge in [0.15, 0.2) is 0 Å². The molecule has 0 aliphatic carbocycles. The normalized spacial score (nSPS) is 17.6. The first-order valence-electron chi connectivity index (χ1n) is 9.69. The van der Waals surface area contributed by atoms with Crippen molar-refractivity contribution < 1.29 is 13.7 Å². The van der Waals surface area contributed by atoms with Gasteiger partial charge < -0.3 is 9.26 Å². The van der Waals surface area contributed by atoms with Crippen LogP contribution in [-0.2, 0) is 0 Å². The topological polar surface area (TPSA) is 51.4 Å². The van der Waals surface area contributed by atoms with Gasteiger partial charge >= 0.3 is 0 Å². The van der Waals surface area contributed by atoms with Crippen LogP contribution in [0.3, 0.4) is 0 Å². The predicted octanol–water partition coefficient (Wildman–Crippen LogP) is 4.44. The number of likely N-dealkylation sites (tertiary alicyclic amines) is 1. The summed E-state index contributed by atoms with van der Waals surface area (Å²) in [4.78, 5) is 6.89. The lowest BCUT2D eigenvalue weighted by molar-refractivity contribution is 0.157. The van der Waals surface area contributed by atoms with E-state index in [1.807, 2.05) is 18.2 Å². The second-order valence-electron chi connectivity index (χ2n) is 7.27. The van der Waals surface area contributed by atoms with Crippen LogP contribution >= 0.6 is 0 Å². The lowest BCUT2D eigenvalue weighted by Crippen LogP contribution is -2.37. The molecule has 1 fully saturated rings. The van der Waals surface area contributed by atoms with E-state index in [2.05, 4.69) is 28.0 Å². The molecule has 0 amide bonds. The largest absolute Gasteiger partial charge is 0.492 e. The van der Waals surface area contributed by atoms with E-state index < -0.39 is 0 Å². The van der Waals surface area contributed by atoms with Gasteiger partial charge in [-0.2, -0.15) is 4.98 Å². The van der Waals surface area contributed by atoms with Crippen molar-refractivity contribution in [3.8, 4) is 17.1 Å². The summed E-state index contributed by atoms with van der Waals surface area (Å²) in [5, 5.41) is 4.04. The SMILES string of the molecule is Cc1cccc(OCCN2CCCC(c3nc(-c4cccc(F)c4)no3)C2)c1. The number of halogens is 1. The van der Waals surface area contributed by atoms with Crippen LogP contribution in [0.2, 0.25) is 0 Å². The molecule has 2 aromatic carbocycles. The molecule has 0 radical (unpaired) electrons. The third kappa shape index (κ3) is 4.57. The van der Waals surface area contributed by atoms with Gasteiger partial charge in [-0.25, -0.2) is 4.39 Å². The van der Waals surface area contributed by atoms with Gasteiger partial charge in [0.1, 0.15) is 18.2 Å². The van der Waals surface area contributed by atoms with E-state index >= 15 is 0 Å². The molecule has 28 heavy (non-hydrogen) atoms. The highest BCUT2D eigenvalue weighted by Gasteiger charge is 2.26. The molecule has 6 heteroatoms. The van der Waals surface area contributed by atoms with E-state index in [1.165, 1.54) is 17.7 Å². The van der Waals surface area contributed by atoms with Crippen LogP contribution in [0.1, 0.15) is 30.2 Å². The van der Waals surface area contributed by atoms with Crippen molar-refractivity contribution in [1.82, 2.24) is 15.0 Å². The summed E-state index contributed by atoms with van der Waals surface area (Å²) in [7, 11) is 0. The highest BCUT2D eigenvalue weighted by atomic mass is 19.1. The van der Waals surface area contributed by atoms with Crippen LogP contribution in [0.5, 0.6) is 5.75 Å². The molecule has 2 heterocycles. The number of piperidine rings is 1. The van der Waals surface area contributed by atoms with Gasteiger partial charge in [-0.3, -0.25) is 4.90 Å². The Bertz CT molecular complexity index is 927. The van der Waals surface area contributed by atoms with Gasteiger partial charge in [0.25, 0.3) is 0 Å². The fraction of sp³-hybridized carbons (Fsp3) is 0.364. The minimum atomic E-state index is -0.304. The fourth-order valence-electron chi connectivity index (χ4n) is 3.60. The van der Waals surface area contributed by atoms with Crippen LogP contribution in [-0.4, -0.2) is 41.3 Å². The summed E-state index contributed by atoms with van der Waals surface area (Å²) >= 11 is 0. The summed E-state index contributed by atoms with van der Waals surface area (Å²) < 4.78 is 24.8. The number of ether oxygens (including phenoxy) is 1. The quantitative estimate of drug-likeness (QED) is 0.632. The van der Waals surface area contributed by atoms with E-state index in [9.17, 15) is 4.39 Å².